The Balaban J connectivity index is 1.98. The van der Waals surface area contributed by atoms with Crippen LogP contribution in [-0.4, -0.2) is 31.1 Å². The van der Waals surface area contributed by atoms with Gasteiger partial charge < -0.3 is 5.32 Å². The highest BCUT2D eigenvalue weighted by molar-refractivity contribution is 6.30. The van der Waals surface area contributed by atoms with E-state index in [9.17, 15) is 0 Å². The van der Waals surface area contributed by atoms with E-state index in [1.807, 2.05) is 6.07 Å². The van der Waals surface area contributed by atoms with Gasteiger partial charge in [0, 0.05) is 17.6 Å². The third kappa shape index (κ3) is 3.71. The SMILES string of the molecule is Cc1cc(Cl)ccc1CN(C)C1CCCNCC1. The van der Waals surface area contributed by atoms with Crippen molar-refractivity contribution in [2.45, 2.75) is 38.8 Å². The maximum atomic E-state index is 6.00. The minimum Gasteiger partial charge on any atom is -0.317 e. The van der Waals surface area contributed by atoms with E-state index in [4.69, 9.17) is 11.6 Å². The number of benzene rings is 1. The Hall–Kier alpha value is -0.570. The summed E-state index contributed by atoms with van der Waals surface area (Å²) in [4.78, 5) is 2.49. The first-order chi connectivity index (χ1) is 8.66. The molecule has 2 rings (SSSR count). The van der Waals surface area contributed by atoms with Crippen LogP contribution in [-0.2, 0) is 6.54 Å². The highest BCUT2D eigenvalue weighted by Gasteiger charge is 2.17. The first-order valence-electron chi connectivity index (χ1n) is 6.83. The molecule has 1 aliphatic rings. The molecule has 0 aliphatic carbocycles. The fourth-order valence-corrected chi connectivity index (χ4v) is 2.90. The molecule has 18 heavy (non-hydrogen) atoms. The fourth-order valence-electron chi connectivity index (χ4n) is 2.68. The van der Waals surface area contributed by atoms with Gasteiger partial charge in [-0.25, -0.2) is 0 Å². The van der Waals surface area contributed by atoms with Crippen molar-refractivity contribution in [1.82, 2.24) is 10.2 Å². The number of hydrogen-bond donors (Lipinski definition) is 1. The molecule has 1 aromatic rings. The molecule has 0 bridgehead atoms. The average molecular weight is 267 g/mol. The molecule has 1 atom stereocenters. The summed E-state index contributed by atoms with van der Waals surface area (Å²) in [5.74, 6) is 0. The van der Waals surface area contributed by atoms with Gasteiger partial charge >= 0.3 is 0 Å². The molecule has 1 saturated heterocycles. The lowest BCUT2D eigenvalue weighted by molar-refractivity contribution is 0.216. The van der Waals surface area contributed by atoms with Crippen molar-refractivity contribution in [3.63, 3.8) is 0 Å². The second kappa shape index (κ2) is 6.55. The second-order valence-corrected chi connectivity index (χ2v) is 5.76. The molecule has 0 amide bonds. The van der Waals surface area contributed by atoms with Gasteiger partial charge in [-0.05, 0) is 69.6 Å². The maximum absolute atomic E-state index is 6.00. The minimum atomic E-state index is 0.704. The lowest BCUT2D eigenvalue weighted by atomic mass is 10.0. The zero-order chi connectivity index (χ0) is 13.0. The lowest BCUT2D eigenvalue weighted by Crippen LogP contribution is -2.32. The largest absolute Gasteiger partial charge is 0.317 e. The van der Waals surface area contributed by atoms with E-state index in [0.29, 0.717) is 6.04 Å². The average Bonchev–Trinajstić information content (AvgIpc) is 2.61. The van der Waals surface area contributed by atoms with Crippen LogP contribution < -0.4 is 5.32 Å². The predicted molar refractivity (Wildman–Crippen MR) is 78.2 cm³/mol. The van der Waals surface area contributed by atoms with Gasteiger partial charge in [0.2, 0.25) is 0 Å². The van der Waals surface area contributed by atoms with Crippen LogP contribution in [0.2, 0.25) is 5.02 Å². The van der Waals surface area contributed by atoms with Gasteiger partial charge in [0.25, 0.3) is 0 Å². The summed E-state index contributed by atoms with van der Waals surface area (Å²) in [6.45, 7) is 5.48. The van der Waals surface area contributed by atoms with Gasteiger partial charge in [-0.1, -0.05) is 17.7 Å². The standard InChI is InChI=1S/C15H23ClN2/c1-12-10-14(16)6-5-13(12)11-18(2)15-4-3-8-17-9-7-15/h5-6,10,15,17H,3-4,7-9,11H2,1-2H3. The van der Waals surface area contributed by atoms with Crippen LogP contribution in [0.5, 0.6) is 0 Å². The molecule has 0 saturated carbocycles. The second-order valence-electron chi connectivity index (χ2n) is 5.32. The number of nitrogens with zero attached hydrogens (tertiary/aromatic N) is 1. The van der Waals surface area contributed by atoms with Crippen molar-refractivity contribution in [2.24, 2.45) is 0 Å². The van der Waals surface area contributed by atoms with Gasteiger partial charge in [-0.3, -0.25) is 4.90 Å². The number of hydrogen-bond acceptors (Lipinski definition) is 2. The van der Waals surface area contributed by atoms with Crippen molar-refractivity contribution in [3.05, 3.63) is 34.3 Å². The summed E-state index contributed by atoms with van der Waals surface area (Å²) in [6, 6.07) is 6.91. The Morgan fingerprint density at radius 3 is 2.94 bits per heavy atom. The highest BCUT2D eigenvalue weighted by atomic mass is 35.5. The van der Waals surface area contributed by atoms with E-state index in [1.165, 1.54) is 36.9 Å². The van der Waals surface area contributed by atoms with Gasteiger partial charge in [0.05, 0.1) is 0 Å². The van der Waals surface area contributed by atoms with Crippen molar-refractivity contribution in [3.8, 4) is 0 Å². The lowest BCUT2D eigenvalue weighted by Gasteiger charge is -2.27. The maximum Gasteiger partial charge on any atom is 0.0408 e. The predicted octanol–water partition coefficient (Wildman–Crippen LogP) is 3.22. The first-order valence-corrected chi connectivity index (χ1v) is 7.20. The van der Waals surface area contributed by atoms with Crippen LogP contribution in [0.1, 0.15) is 30.4 Å². The topological polar surface area (TPSA) is 15.3 Å². The molecular weight excluding hydrogens is 244 g/mol. The monoisotopic (exact) mass is 266 g/mol. The third-order valence-corrected chi connectivity index (χ3v) is 4.13. The fraction of sp³-hybridized carbons (Fsp3) is 0.600. The Morgan fingerprint density at radius 2 is 2.17 bits per heavy atom. The number of aryl methyl sites for hydroxylation is 1. The molecule has 1 unspecified atom stereocenters. The smallest absolute Gasteiger partial charge is 0.0408 e. The Morgan fingerprint density at radius 1 is 1.33 bits per heavy atom. The van der Waals surface area contributed by atoms with E-state index >= 15 is 0 Å². The molecule has 1 aromatic carbocycles. The zero-order valence-electron chi connectivity index (χ0n) is 11.4. The molecule has 0 spiro atoms. The molecule has 1 fully saturated rings. The number of nitrogens with one attached hydrogen (secondary N) is 1. The summed E-state index contributed by atoms with van der Waals surface area (Å²) in [5.41, 5.74) is 2.68. The van der Waals surface area contributed by atoms with Crippen LogP contribution >= 0.6 is 11.6 Å². The van der Waals surface area contributed by atoms with Crippen molar-refractivity contribution < 1.29 is 0 Å². The van der Waals surface area contributed by atoms with Crippen LogP contribution in [0.15, 0.2) is 18.2 Å². The third-order valence-electron chi connectivity index (χ3n) is 3.89. The van der Waals surface area contributed by atoms with Gasteiger partial charge in [0.1, 0.15) is 0 Å². The van der Waals surface area contributed by atoms with Crippen LogP contribution in [0.25, 0.3) is 0 Å². The van der Waals surface area contributed by atoms with Crippen molar-refractivity contribution in [2.75, 3.05) is 20.1 Å². The van der Waals surface area contributed by atoms with E-state index in [1.54, 1.807) is 0 Å². The summed E-state index contributed by atoms with van der Waals surface area (Å²) >= 11 is 6.00. The molecule has 1 heterocycles. The molecule has 0 aromatic heterocycles. The first kappa shape index (κ1) is 13.9. The molecule has 100 valence electrons. The molecule has 2 nitrogen and oxygen atoms in total. The molecular formula is C15H23ClN2. The summed E-state index contributed by atoms with van der Waals surface area (Å²) in [5, 5.41) is 4.30. The molecule has 1 aliphatic heterocycles. The normalized spacial score (nSPS) is 21.0. The quantitative estimate of drug-likeness (QED) is 0.904. The molecule has 3 heteroatoms. The Kier molecular flexibility index (Phi) is 5.04. The van der Waals surface area contributed by atoms with Gasteiger partial charge in [-0.2, -0.15) is 0 Å². The highest BCUT2D eigenvalue weighted by Crippen LogP contribution is 2.19. The minimum absolute atomic E-state index is 0.704. The van der Waals surface area contributed by atoms with Crippen LogP contribution in [0.4, 0.5) is 0 Å². The summed E-state index contributed by atoms with van der Waals surface area (Å²) in [7, 11) is 2.24. The molecule has 0 radical (unpaired) electrons. The van der Waals surface area contributed by atoms with Gasteiger partial charge in [0.15, 0.2) is 0 Å². The Bertz CT molecular complexity index is 384. The van der Waals surface area contributed by atoms with Crippen molar-refractivity contribution in [1.29, 1.82) is 0 Å². The molecule has 1 N–H and O–H groups in total. The zero-order valence-corrected chi connectivity index (χ0v) is 12.1. The van der Waals surface area contributed by atoms with Crippen LogP contribution in [0, 0.1) is 6.92 Å². The van der Waals surface area contributed by atoms with E-state index in [0.717, 1.165) is 18.1 Å². The van der Waals surface area contributed by atoms with Crippen molar-refractivity contribution >= 4 is 11.6 Å². The van der Waals surface area contributed by atoms with E-state index in [-0.39, 0.29) is 0 Å². The number of rotatable bonds is 3. The number of halogens is 1. The van der Waals surface area contributed by atoms with E-state index in [2.05, 4.69) is 36.3 Å². The summed E-state index contributed by atoms with van der Waals surface area (Å²) in [6.07, 6.45) is 3.84. The van der Waals surface area contributed by atoms with Crippen LogP contribution in [0.3, 0.4) is 0 Å². The van der Waals surface area contributed by atoms with E-state index < -0.39 is 0 Å². The van der Waals surface area contributed by atoms with Gasteiger partial charge in [-0.15, -0.1) is 0 Å². The Labute approximate surface area is 115 Å². The summed E-state index contributed by atoms with van der Waals surface area (Å²) < 4.78 is 0.